The number of aromatic nitrogens is 3. The minimum Gasteiger partial charge on any atom is -0.411 e. The molecule has 0 N–H and O–H groups in total. The zero-order chi connectivity index (χ0) is 21.1. The molecule has 2 aromatic carbocycles. The van der Waals surface area contributed by atoms with Crippen molar-refractivity contribution >= 4 is 39.8 Å². The highest BCUT2D eigenvalue weighted by molar-refractivity contribution is 7.98. The molecule has 2 aromatic heterocycles. The summed E-state index contributed by atoms with van der Waals surface area (Å²) in [5.41, 5.74) is 2.87. The van der Waals surface area contributed by atoms with Crippen molar-refractivity contribution in [3.05, 3.63) is 71.0 Å². The van der Waals surface area contributed by atoms with Crippen molar-refractivity contribution in [1.29, 1.82) is 0 Å². The van der Waals surface area contributed by atoms with Gasteiger partial charge >= 0.3 is 0 Å². The lowest BCUT2D eigenvalue weighted by Gasteiger charge is -2.18. The number of hydrogen-bond donors (Lipinski definition) is 0. The molecule has 0 spiro atoms. The zero-order valence-corrected chi connectivity index (χ0v) is 17.8. The Bertz CT molecular complexity index is 1190. The number of para-hydroxylation sites is 1. The van der Waals surface area contributed by atoms with E-state index >= 15 is 0 Å². The number of carbonyl (C=O) groups excluding carboxylic acids is 1. The Balaban J connectivity index is 1.48. The molecule has 30 heavy (non-hydrogen) atoms. The Labute approximate surface area is 180 Å². The summed E-state index contributed by atoms with van der Waals surface area (Å²) in [6, 6.07) is 13.9. The van der Waals surface area contributed by atoms with Crippen LogP contribution in [0.1, 0.15) is 18.2 Å². The van der Waals surface area contributed by atoms with Crippen LogP contribution in [0, 0.1) is 12.7 Å². The highest BCUT2D eigenvalue weighted by Crippen LogP contribution is 2.33. The molecule has 0 aliphatic heterocycles. The molecule has 4 rings (SSSR count). The van der Waals surface area contributed by atoms with E-state index in [2.05, 4.69) is 15.2 Å². The maximum Gasteiger partial charge on any atom is 0.277 e. The molecule has 9 heteroatoms. The minimum absolute atomic E-state index is 0.179. The number of carbonyl (C=O) groups is 1. The van der Waals surface area contributed by atoms with Gasteiger partial charge in [-0.05, 0) is 30.7 Å². The lowest BCUT2D eigenvalue weighted by atomic mass is 10.1. The van der Waals surface area contributed by atoms with Gasteiger partial charge in [0.15, 0.2) is 5.13 Å². The van der Waals surface area contributed by atoms with Crippen LogP contribution in [0.15, 0.2) is 63.6 Å². The first-order chi connectivity index (χ1) is 14.5. The molecule has 0 fully saturated rings. The van der Waals surface area contributed by atoms with Crippen LogP contribution in [0.5, 0.6) is 0 Å². The number of aryl methyl sites for hydroxylation is 1. The number of nitrogens with zero attached hydrogens (tertiary/aromatic N) is 4. The molecule has 1 amide bonds. The van der Waals surface area contributed by atoms with Crippen LogP contribution in [-0.2, 0) is 10.5 Å². The summed E-state index contributed by atoms with van der Waals surface area (Å²) in [4.78, 5) is 17.9. The smallest absolute Gasteiger partial charge is 0.277 e. The number of rotatable bonds is 6. The summed E-state index contributed by atoms with van der Waals surface area (Å²) < 4.78 is 19.9. The van der Waals surface area contributed by atoms with Crippen molar-refractivity contribution in [2.45, 2.75) is 24.8 Å². The summed E-state index contributed by atoms with van der Waals surface area (Å²) in [7, 11) is 0. The SMILES string of the molecule is CC(=O)N(c1nc(CSc2nnc(-c3ccccc3C)o2)cs1)c1ccccc1F. The Morgan fingerprint density at radius 2 is 1.93 bits per heavy atom. The summed E-state index contributed by atoms with van der Waals surface area (Å²) in [5, 5.41) is 10.9. The van der Waals surface area contributed by atoms with Crippen molar-refractivity contribution < 1.29 is 13.6 Å². The number of anilines is 2. The van der Waals surface area contributed by atoms with Gasteiger partial charge in [-0.2, -0.15) is 0 Å². The standard InChI is InChI=1S/C21H17FN4O2S2/c1-13-7-3-4-8-16(13)19-24-25-21(28-19)30-12-15-11-29-20(23-15)26(14(2)27)18-10-6-5-9-17(18)22/h3-11H,12H2,1-2H3. The van der Waals surface area contributed by atoms with E-state index in [1.54, 1.807) is 18.2 Å². The monoisotopic (exact) mass is 440 g/mol. The molecule has 0 bridgehead atoms. The first-order valence-electron chi connectivity index (χ1n) is 9.05. The Kier molecular flexibility index (Phi) is 5.91. The van der Waals surface area contributed by atoms with Crippen molar-refractivity contribution in [2.75, 3.05) is 4.90 Å². The van der Waals surface area contributed by atoms with Crippen LogP contribution in [0.25, 0.3) is 11.5 Å². The van der Waals surface area contributed by atoms with Gasteiger partial charge in [-0.25, -0.2) is 9.37 Å². The third kappa shape index (κ3) is 4.27. The van der Waals surface area contributed by atoms with Gasteiger partial charge in [0.25, 0.3) is 5.22 Å². The van der Waals surface area contributed by atoms with Crippen LogP contribution in [0.2, 0.25) is 0 Å². The second-order valence-corrected chi connectivity index (χ2v) is 8.17. The molecule has 0 atom stereocenters. The second kappa shape index (κ2) is 8.76. The lowest BCUT2D eigenvalue weighted by molar-refractivity contribution is -0.115. The van der Waals surface area contributed by atoms with Crippen molar-refractivity contribution in [3.8, 4) is 11.5 Å². The maximum absolute atomic E-state index is 14.2. The van der Waals surface area contributed by atoms with E-state index in [0.29, 0.717) is 22.0 Å². The van der Waals surface area contributed by atoms with Crippen molar-refractivity contribution in [2.24, 2.45) is 0 Å². The normalized spacial score (nSPS) is 10.9. The fourth-order valence-electron chi connectivity index (χ4n) is 2.83. The van der Waals surface area contributed by atoms with Crippen molar-refractivity contribution in [3.63, 3.8) is 0 Å². The lowest BCUT2D eigenvalue weighted by Crippen LogP contribution is -2.23. The number of thioether (sulfide) groups is 1. The molecule has 0 unspecified atom stereocenters. The molecule has 0 saturated carbocycles. The van der Waals surface area contributed by atoms with Crippen LogP contribution < -0.4 is 4.90 Å². The summed E-state index contributed by atoms with van der Waals surface area (Å²) in [6.07, 6.45) is 0. The van der Waals surface area contributed by atoms with Crippen LogP contribution in [-0.4, -0.2) is 21.1 Å². The van der Waals surface area contributed by atoms with Gasteiger partial charge in [0.1, 0.15) is 5.82 Å². The van der Waals surface area contributed by atoms with Gasteiger partial charge in [-0.3, -0.25) is 9.69 Å². The summed E-state index contributed by atoms with van der Waals surface area (Å²) >= 11 is 2.63. The minimum atomic E-state index is -0.478. The van der Waals surface area contributed by atoms with E-state index in [9.17, 15) is 9.18 Å². The maximum atomic E-state index is 14.2. The zero-order valence-electron chi connectivity index (χ0n) is 16.2. The van der Waals surface area contributed by atoms with E-state index in [1.807, 2.05) is 36.6 Å². The van der Waals surface area contributed by atoms with Gasteiger partial charge in [-0.15, -0.1) is 21.5 Å². The molecule has 152 valence electrons. The first-order valence-corrected chi connectivity index (χ1v) is 10.9. The summed E-state index contributed by atoms with van der Waals surface area (Å²) in [6.45, 7) is 3.37. The first kappa shape index (κ1) is 20.2. The average molecular weight is 441 g/mol. The largest absolute Gasteiger partial charge is 0.411 e. The van der Waals surface area contributed by atoms with Crippen LogP contribution in [0.4, 0.5) is 15.2 Å². The van der Waals surface area contributed by atoms with Crippen LogP contribution >= 0.6 is 23.1 Å². The highest BCUT2D eigenvalue weighted by Gasteiger charge is 2.21. The van der Waals surface area contributed by atoms with E-state index in [0.717, 1.165) is 16.8 Å². The van der Waals surface area contributed by atoms with E-state index in [1.165, 1.54) is 41.0 Å². The number of amides is 1. The molecule has 4 aromatic rings. The number of benzene rings is 2. The van der Waals surface area contributed by atoms with E-state index in [4.69, 9.17) is 4.42 Å². The number of halogens is 1. The second-order valence-electron chi connectivity index (χ2n) is 6.40. The molecule has 0 aliphatic carbocycles. The van der Waals surface area contributed by atoms with Gasteiger partial charge in [0, 0.05) is 23.6 Å². The van der Waals surface area contributed by atoms with Gasteiger partial charge in [0.2, 0.25) is 11.8 Å². The Morgan fingerprint density at radius 3 is 2.70 bits per heavy atom. The molecule has 2 heterocycles. The molecule has 6 nitrogen and oxygen atoms in total. The fraction of sp³-hybridized carbons (Fsp3) is 0.143. The van der Waals surface area contributed by atoms with E-state index in [-0.39, 0.29) is 11.6 Å². The number of hydrogen-bond acceptors (Lipinski definition) is 7. The molecular weight excluding hydrogens is 423 g/mol. The average Bonchev–Trinajstić information content (AvgIpc) is 3.38. The molecule has 0 aliphatic rings. The third-order valence-corrected chi connectivity index (χ3v) is 5.99. The molecule has 0 radical (unpaired) electrons. The van der Waals surface area contributed by atoms with E-state index < -0.39 is 5.82 Å². The predicted octanol–water partition coefficient (Wildman–Crippen LogP) is 5.62. The van der Waals surface area contributed by atoms with Crippen LogP contribution in [0.3, 0.4) is 0 Å². The van der Waals surface area contributed by atoms with Crippen molar-refractivity contribution in [1.82, 2.24) is 15.2 Å². The highest BCUT2D eigenvalue weighted by atomic mass is 32.2. The molecular formula is C21H17FN4O2S2. The van der Waals surface area contributed by atoms with Gasteiger partial charge < -0.3 is 4.42 Å². The summed E-state index contributed by atoms with van der Waals surface area (Å²) in [5.74, 6) is 0.160. The quantitative estimate of drug-likeness (QED) is 0.363. The van der Waals surface area contributed by atoms with Gasteiger partial charge in [-0.1, -0.05) is 42.1 Å². The third-order valence-electron chi connectivity index (χ3n) is 4.26. The predicted molar refractivity (Wildman–Crippen MR) is 115 cm³/mol. The van der Waals surface area contributed by atoms with Gasteiger partial charge in [0.05, 0.1) is 11.4 Å². The Morgan fingerprint density at radius 1 is 1.17 bits per heavy atom. The fourth-order valence-corrected chi connectivity index (χ4v) is 4.47. The molecule has 0 saturated heterocycles. The topological polar surface area (TPSA) is 72.1 Å². The number of thiazole rings is 1. The Hall–Kier alpha value is -3.04.